The van der Waals surface area contributed by atoms with Gasteiger partial charge in [0.2, 0.25) is 0 Å². The Labute approximate surface area is 144 Å². The van der Waals surface area contributed by atoms with Crippen LogP contribution in [0, 0.1) is 0 Å². The molecule has 3 N–H and O–H groups in total. The van der Waals surface area contributed by atoms with E-state index in [-0.39, 0.29) is 21.5 Å². The number of hydrogen-bond acceptors (Lipinski definition) is 6. The van der Waals surface area contributed by atoms with Crippen molar-refractivity contribution < 1.29 is 18.0 Å². The lowest BCUT2D eigenvalue weighted by Crippen LogP contribution is -2.13. The quantitative estimate of drug-likeness (QED) is 0.603. The van der Waals surface area contributed by atoms with Gasteiger partial charge in [-0.2, -0.15) is 0 Å². The van der Waals surface area contributed by atoms with Crippen LogP contribution in [0.15, 0.2) is 53.4 Å². The average Bonchev–Trinajstić information content (AvgIpc) is 2.53. The Hall–Kier alpha value is -2.32. The maximum absolute atomic E-state index is 12.2. The van der Waals surface area contributed by atoms with E-state index in [0.717, 1.165) is 11.8 Å². The fourth-order valence-electron chi connectivity index (χ4n) is 1.84. The number of thioether (sulfide) groups is 1. The Morgan fingerprint density at radius 1 is 1.04 bits per heavy atom. The van der Waals surface area contributed by atoms with Crippen LogP contribution in [-0.2, 0) is 14.8 Å². The average molecular weight is 364 g/mol. The molecule has 0 atom stereocenters. The van der Waals surface area contributed by atoms with Crippen LogP contribution in [-0.4, -0.2) is 25.1 Å². The lowest BCUT2D eigenvalue weighted by atomic mass is 10.1. The van der Waals surface area contributed by atoms with Crippen LogP contribution < -0.4 is 10.5 Å². The molecule has 0 aromatic heterocycles. The number of carbonyl (C=O) groups excluding carboxylic acids is 2. The molecular formula is C16H16N2O4S2. The molecule has 0 saturated carbocycles. The number of sulfonamides is 1. The smallest absolute Gasteiger partial charge is 0.261 e. The first kappa shape index (κ1) is 18.0. The topological polar surface area (TPSA) is 106 Å². The van der Waals surface area contributed by atoms with E-state index in [1.807, 2.05) is 0 Å². The summed E-state index contributed by atoms with van der Waals surface area (Å²) in [5.41, 5.74) is 6.76. The number of anilines is 2. The second-order valence-corrected chi connectivity index (χ2v) is 7.79. The van der Waals surface area contributed by atoms with Gasteiger partial charge in [-0.25, -0.2) is 8.42 Å². The van der Waals surface area contributed by atoms with E-state index in [4.69, 9.17) is 5.73 Å². The fourth-order valence-corrected chi connectivity index (χ4v) is 3.40. The number of Topliss-reactive ketones (excluding diaryl/α,β-unsaturated/α-hetero) is 1. The van der Waals surface area contributed by atoms with E-state index in [9.17, 15) is 18.0 Å². The molecule has 0 aliphatic rings. The number of hydrogen-bond donors (Lipinski definition) is 2. The largest absolute Gasteiger partial charge is 0.399 e. The monoisotopic (exact) mass is 364 g/mol. The van der Waals surface area contributed by atoms with Crippen molar-refractivity contribution in [3.05, 3.63) is 54.1 Å². The molecule has 0 aliphatic carbocycles. The third-order valence-corrected chi connectivity index (χ3v) is 5.27. The number of nitrogen functional groups attached to an aromatic ring is 1. The van der Waals surface area contributed by atoms with Crippen LogP contribution >= 0.6 is 11.8 Å². The second-order valence-electron chi connectivity index (χ2n) is 4.96. The molecule has 6 nitrogen and oxygen atoms in total. The van der Waals surface area contributed by atoms with E-state index in [1.165, 1.54) is 55.5 Å². The zero-order chi connectivity index (χ0) is 17.7. The van der Waals surface area contributed by atoms with Crippen molar-refractivity contribution in [3.8, 4) is 0 Å². The first-order valence-corrected chi connectivity index (χ1v) is 9.40. The van der Waals surface area contributed by atoms with Crippen LogP contribution in [0.5, 0.6) is 0 Å². The molecule has 0 heterocycles. The van der Waals surface area contributed by atoms with Crippen molar-refractivity contribution in [3.63, 3.8) is 0 Å². The normalized spacial score (nSPS) is 11.0. The molecule has 0 bridgehead atoms. The van der Waals surface area contributed by atoms with Gasteiger partial charge in [-0.3, -0.25) is 14.3 Å². The van der Waals surface area contributed by atoms with E-state index in [2.05, 4.69) is 4.72 Å². The third-order valence-electron chi connectivity index (χ3n) is 3.06. The molecule has 126 valence electrons. The zero-order valence-electron chi connectivity index (χ0n) is 12.9. The van der Waals surface area contributed by atoms with Gasteiger partial charge in [0.05, 0.1) is 10.6 Å². The van der Waals surface area contributed by atoms with Crippen LogP contribution in [0.2, 0.25) is 0 Å². The Balaban J connectivity index is 2.09. The fraction of sp³-hybridized carbons (Fsp3) is 0.125. The lowest BCUT2D eigenvalue weighted by molar-refractivity contribution is -0.109. The van der Waals surface area contributed by atoms with E-state index in [0.29, 0.717) is 16.9 Å². The molecule has 2 aromatic rings. The van der Waals surface area contributed by atoms with Gasteiger partial charge in [-0.05, 0) is 48.5 Å². The highest BCUT2D eigenvalue weighted by Gasteiger charge is 2.14. The Kier molecular flexibility index (Phi) is 5.63. The molecule has 0 spiro atoms. The minimum Gasteiger partial charge on any atom is -0.399 e. The van der Waals surface area contributed by atoms with Crippen molar-refractivity contribution in [1.29, 1.82) is 0 Å². The number of rotatable bonds is 6. The maximum atomic E-state index is 12.2. The third kappa shape index (κ3) is 4.84. The number of nitrogens with one attached hydrogen (secondary N) is 1. The Morgan fingerprint density at radius 3 is 2.17 bits per heavy atom. The first-order valence-electron chi connectivity index (χ1n) is 6.93. The molecule has 0 unspecified atom stereocenters. The van der Waals surface area contributed by atoms with Crippen molar-refractivity contribution in [2.45, 2.75) is 11.8 Å². The summed E-state index contributed by atoms with van der Waals surface area (Å²) in [5.74, 6) is -0.130. The van der Waals surface area contributed by atoms with Gasteiger partial charge >= 0.3 is 0 Å². The van der Waals surface area contributed by atoms with Gasteiger partial charge in [0, 0.05) is 23.9 Å². The van der Waals surface area contributed by atoms with Crippen molar-refractivity contribution >= 4 is 44.1 Å². The van der Waals surface area contributed by atoms with Crippen molar-refractivity contribution in [2.24, 2.45) is 0 Å². The standard InChI is InChI=1S/C16H16N2O4S2/c1-11(19)23-10-16(20)12-2-6-14(7-3-12)18-24(21,22)15-8-4-13(17)5-9-15/h2-9,18H,10,17H2,1H3. The summed E-state index contributed by atoms with van der Waals surface area (Å²) >= 11 is 0.937. The van der Waals surface area contributed by atoms with Gasteiger partial charge in [0.1, 0.15) is 0 Å². The van der Waals surface area contributed by atoms with E-state index >= 15 is 0 Å². The number of ketones is 1. The highest BCUT2D eigenvalue weighted by molar-refractivity contribution is 8.14. The summed E-state index contributed by atoms with van der Waals surface area (Å²) < 4.78 is 26.9. The molecule has 0 amide bonds. The summed E-state index contributed by atoms with van der Waals surface area (Å²) in [6.07, 6.45) is 0. The summed E-state index contributed by atoms with van der Waals surface area (Å²) in [7, 11) is -3.72. The Morgan fingerprint density at radius 2 is 1.62 bits per heavy atom. The second kappa shape index (κ2) is 7.50. The number of nitrogens with two attached hydrogens (primary N) is 1. The van der Waals surface area contributed by atoms with Gasteiger partial charge in [-0.15, -0.1) is 0 Å². The highest BCUT2D eigenvalue weighted by atomic mass is 32.2. The molecule has 8 heteroatoms. The van der Waals surface area contributed by atoms with Crippen LogP contribution in [0.4, 0.5) is 11.4 Å². The number of benzene rings is 2. The van der Waals surface area contributed by atoms with Crippen molar-refractivity contribution in [2.75, 3.05) is 16.2 Å². The molecular weight excluding hydrogens is 348 g/mol. The SMILES string of the molecule is CC(=O)SCC(=O)c1ccc(NS(=O)(=O)c2ccc(N)cc2)cc1. The van der Waals surface area contributed by atoms with Gasteiger partial charge in [-0.1, -0.05) is 11.8 Å². The predicted molar refractivity (Wildman–Crippen MR) is 95.6 cm³/mol. The lowest BCUT2D eigenvalue weighted by Gasteiger charge is -2.09. The molecule has 0 fully saturated rings. The molecule has 2 rings (SSSR count). The van der Waals surface area contributed by atoms with Gasteiger partial charge < -0.3 is 5.73 Å². The van der Waals surface area contributed by atoms with Crippen molar-refractivity contribution in [1.82, 2.24) is 0 Å². The maximum Gasteiger partial charge on any atom is 0.261 e. The molecule has 0 radical (unpaired) electrons. The van der Waals surface area contributed by atoms with Crippen LogP contribution in [0.25, 0.3) is 0 Å². The molecule has 0 aliphatic heterocycles. The highest BCUT2D eigenvalue weighted by Crippen LogP contribution is 2.18. The summed E-state index contributed by atoms with van der Waals surface area (Å²) in [6, 6.07) is 11.9. The van der Waals surface area contributed by atoms with Crippen LogP contribution in [0.1, 0.15) is 17.3 Å². The van der Waals surface area contributed by atoms with E-state index in [1.54, 1.807) is 0 Å². The number of carbonyl (C=O) groups is 2. The zero-order valence-corrected chi connectivity index (χ0v) is 14.5. The minimum absolute atomic E-state index is 0.0614. The minimum atomic E-state index is -3.72. The predicted octanol–water partition coefficient (Wildman–Crippen LogP) is 2.53. The van der Waals surface area contributed by atoms with Gasteiger partial charge in [0.25, 0.3) is 10.0 Å². The van der Waals surface area contributed by atoms with E-state index < -0.39 is 10.0 Å². The van der Waals surface area contributed by atoms with Gasteiger partial charge in [0.15, 0.2) is 10.9 Å². The molecule has 0 saturated heterocycles. The summed E-state index contributed by atoms with van der Waals surface area (Å²) in [5, 5.41) is -0.128. The molecule has 24 heavy (non-hydrogen) atoms. The summed E-state index contributed by atoms with van der Waals surface area (Å²) in [6.45, 7) is 1.40. The molecule has 2 aromatic carbocycles. The Bertz CT molecular complexity index is 845. The van der Waals surface area contributed by atoms with Crippen LogP contribution in [0.3, 0.4) is 0 Å². The first-order chi connectivity index (χ1) is 11.3. The summed E-state index contributed by atoms with van der Waals surface area (Å²) in [4.78, 5) is 22.8.